The molecule has 2 unspecified atom stereocenters. The zero-order valence-corrected chi connectivity index (χ0v) is 8.11. The van der Waals surface area contributed by atoms with Crippen molar-refractivity contribution in [3.05, 3.63) is 0 Å². The summed E-state index contributed by atoms with van der Waals surface area (Å²) in [5.74, 6) is -0.0804. The predicted octanol–water partition coefficient (Wildman–Crippen LogP) is 2.37. The highest BCUT2D eigenvalue weighted by Crippen LogP contribution is 2.29. The van der Waals surface area contributed by atoms with Gasteiger partial charge in [0.05, 0.1) is 18.2 Å². The Morgan fingerprint density at radius 3 is 1.50 bits per heavy atom. The summed E-state index contributed by atoms with van der Waals surface area (Å²) in [4.78, 5) is 0. The van der Waals surface area contributed by atoms with E-state index in [9.17, 15) is 0 Å². The lowest BCUT2D eigenvalue weighted by Crippen LogP contribution is -2.14. The minimum absolute atomic E-state index is 0.0132. The van der Waals surface area contributed by atoms with Gasteiger partial charge >= 0.3 is 0 Å². The molecule has 1 fully saturated rings. The van der Waals surface area contributed by atoms with E-state index in [1.54, 1.807) is 0 Å². The number of hydrogen-bond donors (Lipinski definition) is 0. The van der Waals surface area contributed by atoms with E-state index in [-0.39, 0.29) is 17.8 Å². The first-order chi connectivity index (χ1) is 6.80. The summed E-state index contributed by atoms with van der Waals surface area (Å²) in [7, 11) is 0. The standard InChI is InChI=1S/C11H13N3/c12-6-9-2-1-3-10(7-13)5-11(4-9)8-14/h9-11H,1-5H2. The Morgan fingerprint density at radius 1 is 0.714 bits per heavy atom. The molecule has 3 nitrogen and oxygen atoms in total. The summed E-state index contributed by atoms with van der Waals surface area (Å²) in [5, 5.41) is 26.5. The Morgan fingerprint density at radius 2 is 1.14 bits per heavy atom. The molecule has 0 spiro atoms. The van der Waals surface area contributed by atoms with Crippen LogP contribution in [0.2, 0.25) is 0 Å². The van der Waals surface area contributed by atoms with E-state index >= 15 is 0 Å². The molecule has 0 amide bonds. The van der Waals surface area contributed by atoms with Gasteiger partial charge in [0.1, 0.15) is 0 Å². The average Bonchev–Trinajstić information content (AvgIpc) is 2.18. The second kappa shape index (κ2) is 5.25. The first-order valence-corrected chi connectivity index (χ1v) is 4.99. The topological polar surface area (TPSA) is 71.4 Å². The number of nitrogens with zero attached hydrogens (tertiary/aromatic N) is 3. The molecule has 0 aromatic heterocycles. The number of nitriles is 3. The van der Waals surface area contributed by atoms with Crippen LogP contribution in [-0.4, -0.2) is 0 Å². The highest BCUT2D eigenvalue weighted by Gasteiger charge is 2.23. The van der Waals surface area contributed by atoms with Crippen molar-refractivity contribution in [1.29, 1.82) is 15.8 Å². The SMILES string of the molecule is N#CC1CCCC(C#N)CC(C#N)C1. The van der Waals surface area contributed by atoms with Crippen molar-refractivity contribution in [2.75, 3.05) is 0 Å². The lowest BCUT2D eigenvalue weighted by atomic mass is 9.81. The minimum Gasteiger partial charge on any atom is -0.198 e. The largest absolute Gasteiger partial charge is 0.198 e. The van der Waals surface area contributed by atoms with E-state index in [1.165, 1.54) is 0 Å². The molecule has 0 aromatic carbocycles. The molecule has 1 aliphatic rings. The van der Waals surface area contributed by atoms with Crippen LogP contribution in [0.25, 0.3) is 0 Å². The molecule has 0 saturated heterocycles. The van der Waals surface area contributed by atoms with Gasteiger partial charge in [-0.3, -0.25) is 0 Å². The van der Waals surface area contributed by atoms with E-state index in [1.807, 2.05) is 0 Å². The van der Waals surface area contributed by atoms with Crippen molar-refractivity contribution < 1.29 is 0 Å². The summed E-state index contributed by atoms with van der Waals surface area (Å²) in [6, 6.07) is 6.67. The third-order valence-electron chi connectivity index (χ3n) is 2.79. The Hall–Kier alpha value is -1.53. The fourth-order valence-corrected chi connectivity index (χ4v) is 1.97. The second-order valence-corrected chi connectivity index (χ2v) is 3.88. The molecule has 3 heteroatoms. The third kappa shape index (κ3) is 2.75. The molecule has 0 bridgehead atoms. The zero-order valence-electron chi connectivity index (χ0n) is 8.11. The van der Waals surface area contributed by atoms with Crippen LogP contribution >= 0.6 is 0 Å². The van der Waals surface area contributed by atoms with Crippen LogP contribution in [0.1, 0.15) is 32.1 Å². The van der Waals surface area contributed by atoms with Crippen LogP contribution in [0, 0.1) is 51.7 Å². The smallest absolute Gasteiger partial charge is 0.0656 e. The summed E-state index contributed by atoms with van der Waals surface area (Å²) in [6.07, 6.45) is 3.91. The maximum atomic E-state index is 8.87. The van der Waals surface area contributed by atoms with Crippen LogP contribution in [0.4, 0.5) is 0 Å². The minimum atomic E-state index is -0.107. The molecule has 72 valence electrons. The first kappa shape index (κ1) is 10.6. The molecule has 1 aliphatic carbocycles. The maximum Gasteiger partial charge on any atom is 0.0656 e. The molecule has 0 aliphatic heterocycles. The summed E-state index contributed by atoms with van der Waals surface area (Å²) >= 11 is 0. The van der Waals surface area contributed by atoms with E-state index in [0.717, 1.165) is 19.3 Å². The Kier molecular flexibility index (Phi) is 3.96. The van der Waals surface area contributed by atoms with E-state index < -0.39 is 0 Å². The van der Waals surface area contributed by atoms with Crippen LogP contribution < -0.4 is 0 Å². The molecule has 0 N–H and O–H groups in total. The van der Waals surface area contributed by atoms with Crippen LogP contribution in [0.5, 0.6) is 0 Å². The summed E-state index contributed by atoms with van der Waals surface area (Å²) < 4.78 is 0. The molecule has 1 rings (SSSR count). The highest BCUT2D eigenvalue weighted by molar-refractivity contribution is 4.97. The monoisotopic (exact) mass is 187 g/mol. The van der Waals surface area contributed by atoms with Crippen LogP contribution in [-0.2, 0) is 0 Å². The molecule has 1 saturated carbocycles. The maximum absolute atomic E-state index is 8.87. The van der Waals surface area contributed by atoms with Gasteiger partial charge in [0.2, 0.25) is 0 Å². The van der Waals surface area contributed by atoms with E-state index in [4.69, 9.17) is 15.8 Å². The quantitative estimate of drug-likeness (QED) is 0.584. The lowest BCUT2D eigenvalue weighted by Gasteiger charge is -2.20. The fourth-order valence-electron chi connectivity index (χ4n) is 1.97. The van der Waals surface area contributed by atoms with Gasteiger partial charge in [0.25, 0.3) is 0 Å². The van der Waals surface area contributed by atoms with Gasteiger partial charge in [-0.2, -0.15) is 15.8 Å². The van der Waals surface area contributed by atoms with Crippen molar-refractivity contribution in [3.63, 3.8) is 0 Å². The second-order valence-electron chi connectivity index (χ2n) is 3.88. The number of hydrogen-bond acceptors (Lipinski definition) is 3. The predicted molar refractivity (Wildman–Crippen MR) is 50.4 cm³/mol. The number of rotatable bonds is 0. The first-order valence-electron chi connectivity index (χ1n) is 4.99. The van der Waals surface area contributed by atoms with Crippen molar-refractivity contribution >= 4 is 0 Å². The zero-order chi connectivity index (χ0) is 10.4. The van der Waals surface area contributed by atoms with Gasteiger partial charge in [0.15, 0.2) is 0 Å². The van der Waals surface area contributed by atoms with Crippen molar-refractivity contribution in [2.45, 2.75) is 32.1 Å². The summed E-state index contributed by atoms with van der Waals surface area (Å²) in [5.41, 5.74) is 0. The average molecular weight is 187 g/mol. The van der Waals surface area contributed by atoms with Crippen molar-refractivity contribution in [3.8, 4) is 18.2 Å². The Labute approximate surface area is 84.6 Å². The van der Waals surface area contributed by atoms with Gasteiger partial charge in [-0.1, -0.05) is 6.42 Å². The normalized spacial score (nSPS) is 32.8. The van der Waals surface area contributed by atoms with Gasteiger partial charge in [0, 0.05) is 17.8 Å². The van der Waals surface area contributed by atoms with E-state index in [2.05, 4.69) is 18.2 Å². The van der Waals surface area contributed by atoms with Gasteiger partial charge in [-0.05, 0) is 25.7 Å². The van der Waals surface area contributed by atoms with Crippen molar-refractivity contribution in [1.82, 2.24) is 0 Å². The molecule has 0 heterocycles. The van der Waals surface area contributed by atoms with Gasteiger partial charge < -0.3 is 0 Å². The van der Waals surface area contributed by atoms with Gasteiger partial charge in [-0.15, -0.1) is 0 Å². The lowest BCUT2D eigenvalue weighted by molar-refractivity contribution is 0.349. The third-order valence-corrected chi connectivity index (χ3v) is 2.79. The van der Waals surface area contributed by atoms with Crippen LogP contribution in [0.3, 0.4) is 0 Å². The highest BCUT2D eigenvalue weighted by atomic mass is 14.4. The van der Waals surface area contributed by atoms with Crippen LogP contribution in [0.15, 0.2) is 0 Å². The molecule has 2 atom stereocenters. The molecule has 0 radical (unpaired) electrons. The molecule has 0 aromatic rings. The van der Waals surface area contributed by atoms with Crippen molar-refractivity contribution in [2.24, 2.45) is 17.8 Å². The molecule has 14 heavy (non-hydrogen) atoms. The fraction of sp³-hybridized carbons (Fsp3) is 0.727. The Bertz CT molecular complexity index is 278. The molecular weight excluding hydrogens is 174 g/mol. The Balaban J connectivity index is 2.62. The molecular formula is C11H13N3. The van der Waals surface area contributed by atoms with Gasteiger partial charge in [-0.25, -0.2) is 0 Å². The van der Waals surface area contributed by atoms with E-state index in [0.29, 0.717) is 12.8 Å². The summed E-state index contributed by atoms with van der Waals surface area (Å²) in [6.45, 7) is 0.